The maximum Gasteiger partial charge on any atom is 0.0631 e. The first kappa shape index (κ1) is 13.9. The summed E-state index contributed by atoms with van der Waals surface area (Å²) in [5, 5.41) is 0.806. The number of hydrogen-bond donors (Lipinski definition) is 1. The van der Waals surface area contributed by atoms with Crippen LogP contribution in [0.3, 0.4) is 0 Å². The summed E-state index contributed by atoms with van der Waals surface area (Å²) in [6, 6.07) is 8.02. The van der Waals surface area contributed by atoms with Gasteiger partial charge in [-0.2, -0.15) is 0 Å². The third-order valence-corrected chi connectivity index (χ3v) is 3.93. The minimum absolute atomic E-state index is 0.0226. The molecule has 1 fully saturated rings. The van der Waals surface area contributed by atoms with E-state index in [0.717, 1.165) is 36.3 Å². The predicted molar refractivity (Wildman–Crippen MR) is 75.9 cm³/mol. The molecule has 0 bridgehead atoms. The predicted octanol–water partition coefficient (Wildman–Crippen LogP) is 3.56. The van der Waals surface area contributed by atoms with Crippen molar-refractivity contribution in [3.8, 4) is 0 Å². The quantitative estimate of drug-likeness (QED) is 0.905. The van der Waals surface area contributed by atoms with Gasteiger partial charge in [-0.05, 0) is 51.2 Å². The van der Waals surface area contributed by atoms with Crippen LogP contribution in [0.15, 0.2) is 24.3 Å². The van der Waals surface area contributed by atoms with Gasteiger partial charge < -0.3 is 10.5 Å². The highest BCUT2D eigenvalue weighted by atomic mass is 35.5. The van der Waals surface area contributed by atoms with Crippen LogP contribution in [0.5, 0.6) is 0 Å². The molecule has 2 nitrogen and oxygen atoms in total. The van der Waals surface area contributed by atoms with E-state index in [2.05, 4.69) is 13.8 Å². The van der Waals surface area contributed by atoms with Crippen LogP contribution in [0.4, 0.5) is 0 Å². The van der Waals surface area contributed by atoms with Crippen molar-refractivity contribution in [3.63, 3.8) is 0 Å². The van der Waals surface area contributed by atoms with Crippen LogP contribution in [0.1, 0.15) is 38.7 Å². The third kappa shape index (κ3) is 3.71. The Labute approximate surface area is 114 Å². The summed E-state index contributed by atoms with van der Waals surface area (Å²) in [6.07, 6.45) is 4.27. The van der Waals surface area contributed by atoms with Gasteiger partial charge in [0.25, 0.3) is 0 Å². The molecule has 1 heterocycles. The van der Waals surface area contributed by atoms with Crippen molar-refractivity contribution in [2.45, 2.75) is 57.3 Å². The molecule has 0 aromatic heterocycles. The average molecular weight is 268 g/mol. The highest BCUT2D eigenvalue weighted by molar-refractivity contribution is 6.31. The van der Waals surface area contributed by atoms with E-state index in [1.165, 1.54) is 0 Å². The summed E-state index contributed by atoms with van der Waals surface area (Å²) in [5.41, 5.74) is 7.36. The number of nitrogens with two attached hydrogens (primary N) is 1. The van der Waals surface area contributed by atoms with E-state index < -0.39 is 0 Å². The molecule has 2 unspecified atom stereocenters. The maximum atomic E-state index is 6.20. The lowest BCUT2D eigenvalue weighted by molar-refractivity contribution is -0.0205. The minimum Gasteiger partial charge on any atom is -0.372 e. The van der Waals surface area contributed by atoms with Crippen molar-refractivity contribution >= 4 is 11.6 Å². The molecule has 1 aliphatic rings. The number of benzene rings is 1. The summed E-state index contributed by atoms with van der Waals surface area (Å²) in [7, 11) is 0. The van der Waals surface area contributed by atoms with Crippen LogP contribution in [0.25, 0.3) is 0 Å². The Morgan fingerprint density at radius 1 is 1.44 bits per heavy atom. The Morgan fingerprint density at radius 2 is 2.17 bits per heavy atom. The first-order chi connectivity index (χ1) is 8.46. The van der Waals surface area contributed by atoms with Crippen LogP contribution in [0, 0.1) is 0 Å². The first-order valence-electron chi connectivity index (χ1n) is 6.63. The van der Waals surface area contributed by atoms with Gasteiger partial charge in [0.2, 0.25) is 0 Å². The highest BCUT2D eigenvalue weighted by Crippen LogP contribution is 2.31. The van der Waals surface area contributed by atoms with Crippen LogP contribution in [-0.4, -0.2) is 17.7 Å². The molecule has 1 aliphatic heterocycles. The van der Waals surface area contributed by atoms with E-state index >= 15 is 0 Å². The molecule has 0 radical (unpaired) electrons. The van der Waals surface area contributed by atoms with E-state index in [0.29, 0.717) is 6.10 Å². The van der Waals surface area contributed by atoms with Gasteiger partial charge in [-0.25, -0.2) is 0 Å². The van der Waals surface area contributed by atoms with Gasteiger partial charge in [-0.3, -0.25) is 0 Å². The molecule has 18 heavy (non-hydrogen) atoms. The van der Waals surface area contributed by atoms with Crippen molar-refractivity contribution in [1.82, 2.24) is 0 Å². The summed E-state index contributed by atoms with van der Waals surface area (Å²) in [4.78, 5) is 0. The van der Waals surface area contributed by atoms with Crippen molar-refractivity contribution in [2.75, 3.05) is 0 Å². The van der Waals surface area contributed by atoms with Gasteiger partial charge in [-0.15, -0.1) is 0 Å². The molecule has 1 aromatic carbocycles. The summed E-state index contributed by atoms with van der Waals surface area (Å²) >= 11 is 6.14. The van der Waals surface area contributed by atoms with Crippen LogP contribution in [0.2, 0.25) is 5.02 Å². The summed E-state index contributed by atoms with van der Waals surface area (Å²) in [6.45, 7) is 4.29. The van der Waals surface area contributed by atoms with E-state index in [1.807, 2.05) is 24.3 Å². The van der Waals surface area contributed by atoms with Gasteiger partial charge >= 0.3 is 0 Å². The maximum absolute atomic E-state index is 6.20. The third-order valence-electron chi connectivity index (χ3n) is 3.56. The minimum atomic E-state index is 0.0226. The monoisotopic (exact) mass is 267 g/mol. The zero-order valence-electron chi connectivity index (χ0n) is 11.2. The number of rotatable bonds is 4. The number of halogens is 1. The lowest BCUT2D eigenvalue weighted by atomic mass is 9.99. The molecule has 1 saturated heterocycles. The van der Waals surface area contributed by atoms with Crippen molar-refractivity contribution in [3.05, 3.63) is 34.9 Å². The molecule has 3 heteroatoms. The van der Waals surface area contributed by atoms with E-state index in [-0.39, 0.29) is 11.6 Å². The van der Waals surface area contributed by atoms with Gasteiger partial charge in [0.1, 0.15) is 0 Å². The average Bonchev–Trinajstić information content (AvgIpc) is 2.61. The lowest BCUT2D eigenvalue weighted by Gasteiger charge is -2.21. The SMILES string of the molecule is CC1(C)CCC(CC(N)Cc2ccccc2Cl)O1. The molecule has 0 aliphatic carbocycles. The second-order valence-corrected chi connectivity index (χ2v) is 6.24. The smallest absolute Gasteiger partial charge is 0.0631 e. The van der Waals surface area contributed by atoms with Gasteiger partial charge in [0.15, 0.2) is 0 Å². The van der Waals surface area contributed by atoms with Gasteiger partial charge in [0.05, 0.1) is 11.7 Å². The van der Waals surface area contributed by atoms with Crippen LogP contribution < -0.4 is 5.73 Å². The molecule has 100 valence electrons. The molecule has 2 rings (SSSR count). The zero-order chi connectivity index (χ0) is 13.2. The zero-order valence-corrected chi connectivity index (χ0v) is 11.9. The second kappa shape index (κ2) is 5.60. The number of hydrogen-bond acceptors (Lipinski definition) is 2. The van der Waals surface area contributed by atoms with E-state index in [9.17, 15) is 0 Å². The highest BCUT2D eigenvalue weighted by Gasteiger charge is 2.32. The lowest BCUT2D eigenvalue weighted by Crippen LogP contribution is -2.30. The largest absolute Gasteiger partial charge is 0.372 e. The Hall–Kier alpha value is -0.570. The van der Waals surface area contributed by atoms with Crippen molar-refractivity contribution in [1.29, 1.82) is 0 Å². The Morgan fingerprint density at radius 3 is 2.78 bits per heavy atom. The molecule has 1 aromatic rings. The topological polar surface area (TPSA) is 35.2 Å². The first-order valence-corrected chi connectivity index (χ1v) is 7.01. The Balaban J connectivity index is 1.86. The molecule has 2 N–H and O–H groups in total. The fraction of sp³-hybridized carbons (Fsp3) is 0.600. The summed E-state index contributed by atoms with van der Waals surface area (Å²) in [5.74, 6) is 0. The van der Waals surface area contributed by atoms with Crippen molar-refractivity contribution < 1.29 is 4.74 Å². The fourth-order valence-corrected chi connectivity index (χ4v) is 2.82. The Kier molecular flexibility index (Phi) is 4.31. The molecule has 0 amide bonds. The fourth-order valence-electron chi connectivity index (χ4n) is 2.61. The normalized spacial score (nSPS) is 24.1. The van der Waals surface area contributed by atoms with Gasteiger partial charge in [-0.1, -0.05) is 29.8 Å². The standard InChI is InChI=1S/C15H22ClNO/c1-15(2)8-7-13(18-15)10-12(17)9-11-5-3-4-6-14(11)16/h3-6,12-13H,7-10,17H2,1-2H3. The molecule has 2 atom stereocenters. The molecular formula is C15H22ClNO. The summed E-state index contributed by atoms with van der Waals surface area (Å²) < 4.78 is 5.97. The van der Waals surface area contributed by atoms with Gasteiger partial charge in [0, 0.05) is 11.1 Å². The molecule has 0 saturated carbocycles. The van der Waals surface area contributed by atoms with E-state index in [1.54, 1.807) is 0 Å². The van der Waals surface area contributed by atoms with Crippen LogP contribution in [-0.2, 0) is 11.2 Å². The Bertz CT molecular complexity index is 405. The second-order valence-electron chi connectivity index (χ2n) is 5.83. The number of ether oxygens (including phenoxy) is 1. The van der Waals surface area contributed by atoms with Crippen LogP contribution >= 0.6 is 11.6 Å². The molecular weight excluding hydrogens is 246 g/mol. The van der Waals surface area contributed by atoms with E-state index in [4.69, 9.17) is 22.1 Å². The van der Waals surface area contributed by atoms with Crippen molar-refractivity contribution in [2.24, 2.45) is 5.73 Å². The molecule has 0 spiro atoms.